The number of methoxy groups -OCH3 is 1. The fourth-order valence-electron chi connectivity index (χ4n) is 4.69. The Morgan fingerprint density at radius 2 is 1.85 bits per heavy atom. The standard InChI is InChI=1S/C29H32O4/c1-29(2,3)27-14-19(8-13-25(27)21-6-5-7-23(15-21)32-4)18-33-24-12-11-20-9-10-22(16-28(30)31)26(20)17-24/h5-8,11-15,17,22H,9-10,16,18H2,1-4H3,(H,30,31)/t22-/m0/s1. The lowest BCUT2D eigenvalue weighted by atomic mass is 9.81. The maximum absolute atomic E-state index is 11.2. The fraction of sp³-hybridized carbons (Fsp3) is 0.345. The Labute approximate surface area is 196 Å². The molecule has 0 aliphatic heterocycles. The number of aryl methyl sites for hydroxylation is 1. The Balaban J connectivity index is 1.57. The summed E-state index contributed by atoms with van der Waals surface area (Å²) in [6, 6.07) is 20.8. The Bertz CT molecular complexity index is 1160. The fourth-order valence-corrected chi connectivity index (χ4v) is 4.69. The van der Waals surface area contributed by atoms with E-state index in [1.807, 2.05) is 24.3 Å². The van der Waals surface area contributed by atoms with E-state index in [0.717, 1.165) is 41.0 Å². The average molecular weight is 445 g/mol. The van der Waals surface area contributed by atoms with Crippen molar-refractivity contribution in [3.63, 3.8) is 0 Å². The van der Waals surface area contributed by atoms with Gasteiger partial charge in [0.15, 0.2) is 0 Å². The highest BCUT2D eigenvalue weighted by Gasteiger charge is 2.25. The van der Waals surface area contributed by atoms with E-state index in [1.54, 1.807) is 7.11 Å². The van der Waals surface area contributed by atoms with Crippen LogP contribution in [0.3, 0.4) is 0 Å². The summed E-state index contributed by atoms with van der Waals surface area (Å²) in [6.07, 6.45) is 2.01. The third-order valence-electron chi connectivity index (χ3n) is 6.42. The molecule has 0 saturated heterocycles. The van der Waals surface area contributed by atoms with Crippen molar-refractivity contribution in [1.82, 2.24) is 0 Å². The molecule has 0 radical (unpaired) electrons. The smallest absolute Gasteiger partial charge is 0.303 e. The number of carboxylic acid groups (broad SMARTS) is 1. The van der Waals surface area contributed by atoms with E-state index in [9.17, 15) is 9.90 Å². The number of aliphatic carboxylic acids is 1. The molecule has 0 spiro atoms. The molecule has 0 aromatic heterocycles. The molecule has 1 atom stereocenters. The zero-order valence-electron chi connectivity index (χ0n) is 19.9. The van der Waals surface area contributed by atoms with Gasteiger partial charge in [0.2, 0.25) is 0 Å². The van der Waals surface area contributed by atoms with Gasteiger partial charge in [-0.25, -0.2) is 0 Å². The predicted octanol–water partition coefficient (Wildman–Crippen LogP) is 6.74. The molecule has 3 aromatic rings. The van der Waals surface area contributed by atoms with Gasteiger partial charge < -0.3 is 14.6 Å². The van der Waals surface area contributed by atoms with Gasteiger partial charge in [0, 0.05) is 0 Å². The molecule has 172 valence electrons. The van der Waals surface area contributed by atoms with E-state index in [0.29, 0.717) is 6.61 Å². The lowest BCUT2D eigenvalue weighted by molar-refractivity contribution is -0.137. The van der Waals surface area contributed by atoms with Crippen LogP contribution in [-0.4, -0.2) is 18.2 Å². The highest BCUT2D eigenvalue weighted by molar-refractivity contribution is 5.70. The van der Waals surface area contributed by atoms with E-state index in [2.05, 4.69) is 57.2 Å². The van der Waals surface area contributed by atoms with E-state index in [-0.39, 0.29) is 17.8 Å². The van der Waals surface area contributed by atoms with Gasteiger partial charge in [-0.15, -0.1) is 0 Å². The number of carbonyl (C=O) groups is 1. The second kappa shape index (κ2) is 9.30. The minimum Gasteiger partial charge on any atom is -0.497 e. The minimum atomic E-state index is -0.745. The number of benzene rings is 3. The first-order valence-corrected chi connectivity index (χ1v) is 11.5. The van der Waals surface area contributed by atoms with Gasteiger partial charge in [-0.05, 0) is 81.8 Å². The molecule has 0 unspecified atom stereocenters. The minimum absolute atomic E-state index is 0.0357. The molecule has 4 heteroatoms. The summed E-state index contributed by atoms with van der Waals surface area (Å²) in [6.45, 7) is 7.13. The molecule has 0 saturated carbocycles. The lowest BCUT2D eigenvalue weighted by Crippen LogP contribution is -2.14. The van der Waals surface area contributed by atoms with Crippen LogP contribution in [-0.2, 0) is 23.2 Å². The molecular formula is C29H32O4. The van der Waals surface area contributed by atoms with Gasteiger partial charge in [-0.3, -0.25) is 4.79 Å². The normalized spacial score (nSPS) is 15.2. The summed E-state index contributed by atoms with van der Waals surface area (Å²) in [5.41, 5.74) is 7.02. The Kier molecular flexibility index (Phi) is 6.46. The maximum atomic E-state index is 11.2. The van der Waals surface area contributed by atoms with E-state index < -0.39 is 5.97 Å². The van der Waals surface area contributed by atoms with Gasteiger partial charge in [0.05, 0.1) is 13.5 Å². The number of ether oxygens (including phenoxy) is 2. The van der Waals surface area contributed by atoms with Crippen molar-refractivity contribution in [2.24, 2.45) is 0 Å². The number of fused-ring (bicyclic) bond motifs is 1. The topological polar surface area (TPSA) is 55.8 Å². The number of hydrogen-bond donors (Lipinski definition) is 1. The van der Waals surface area contributed by atoms with Gasteiger partial charge in [-0.1, -0.05) is 57.2 Å². The van der Waals surface area contributed by atoms with E-state index in [1.165, 1.54) is 16.7 Å². The molecule has 4 rings (SSSR count). The van der Waals surface area contributed by atoms with E-state index >= 15 is 0 Å². The molecule has 0 heterocycles. The van der Waals surface area contributed by atoms with Gasteiger partial charge in [-0.2, -0.15) is 0 Å². The molecule has 3 aromatic carbocycles. The molecule has 0 fully saturated rings. The summed E-state index contributed by atoms with van der Waals surface area (Å²) in [5.74, 6) is 0.971. The van der Waals surface area contributed by atoms with Crippen LogP contribution in [0.2, 0.25) is 0 Å². The number of rotatable bonds is 7. The van der Waals surface area contributed by atoms with Crippen LogP contribution in [0.5, 0.6) is 11.5 Å². The average Bonchev–Trinajstić information content (AvgIpc) is 3.18. The first-order chi connectivity index (χ1) is 15.7. The third-order valence-corrected chi connectivity index (χ3v) is 6.42. The maximum Gasteiger partial charge on any atom is 0.303 e. The Morgan fingerprint density at radius 1 is 1.03 bits per heavy atom. The Hall–Kier alpha value is -3.27. The largest absolute Gasteiger partial charge is 0.497 e. The molecular weight excluding hydrogens is 412 g/mol. The van der Waals surface area contributed by atoms with Crippen molar-refractivity contribution in [3.8, 4) is 22.6 Å². The molecule has 1 aliphatic rings. The molecule has 1 aliphatic carbocycles. The summed E-state index contributed by atoms with van der Waals surface area (Å²) in [7, 11) is 1.69. The number of carboxylic acids is 1. The van der Waals surface area contributed by atoms with Gasteiger partial charge >= 0.3 is 5.97 Å². The van der Waals surface area contributed by atoms with Crippen LogP contribution in [0.1, 0.15) is 61.8 Å². The zero-order valence-corrected chi connectivity index (χ0v) is 19.9. The summed E-state index contributed by atoms with van der Waals surface area (Å²) in [5, 5.41) is 9.21. The van der Waals surface area contributed by atoms with Crippen LogP contribution in [0.4, 0.5) is 0 Å². The highest BCUT2D eigenvalue weighted by Crippen LogP contribution is 2.38. The Morgan fingerprint density at radius 3 is 2.58 bits per heavy atom. The summed E-state index contributed by atoms with van der Waals surface area (Å²) < 4.78 is 11.6. The van der Waals surface area contributed by atoms with Crippen molar-refractivity contribution in [3.05, 3.63) is 82.9 Å². The molecule has 4 nitrogen and oxygen atoms in total. The predicted molar refractivity (Wildman–Crippen MR) is 131 cm³/mol. The molecule has 1 N–H and O–H groups in total. The van der Waals surface area contributed by atoms with Crippen molar-refractivity contribution in [2.75, 3.05) is 7.11 Å². The quantitative estimate of drug-likeness (QED) is 0.438. The lowest BCUT2D eigenvalue weighted by Gasteiger charge is -2.24. The molecule has 0 amide bonds. The van der Waals surface area contributed by atoms with Crippen LogP contribution >= 0.6 is 0 Å². The highest BCUT2D eigenvalue weighted by atomic mass is 16.5. The van der Waals surface area contributed by atoms with Crippen LogP contribution in [0.25, 0.3) is 11.1 Å². The second-order valence-corrected chi connectivity index (χ2v) is 9.84. The monoisotopic (exact) mass is 444 g/mol. The third kappa shape index (κ3) is 5.22. The van der Waals surface area contributed by atoms with Crippen molar-refractivity contribution in [1.29, 1.82) is 0 Å². The van der Waals surface area contributed by atoms with Gasteiger partial charge in [0.1, 0.15) is 18.1 Å². The molecule has 0 bridgehead atoms. The van der Waals surface area contributed by atoms with Crippen molar-refractivity contribution in [2.45, 2.75) is 58.0 Å². The molecule has 33 heavy (non-hydrogen) atoms. The van der Waals surface area contributed by atoms with Gasteiger partial charge in [0.25, 0.3) is 0 Å². The van der Waals surface area contributed by atoms with Crippen molar-refractivity contribution >= 4 is 5.97 Å². The second-order valence-electron chi connectivity index (χ2n) is 9.84. The zero-order chi connectivity index (χ0) is 23.6. The van der Waals surface area contributed by atoms with Crippen molar-refractivity contribution < 1.29 is 19.4 Å². The SMILES string of the molecule is COc1cccc(-c2ccc(COc3ccc4c(c3)[C@H](CC(=O)O)CC4)cc2C(C)(C)C)c1. The number of hydrogen-bond acceptors (Lipinski definition) is 3. The summed E-state index contributed by atoms with van der Waals surface area (Å²) >= 11 is 0. The van der Waals surface area contributed by atoms with Crippen LogP contribution in [0, 0.1) is 0 Å². The van der Waals surface area contributed by atoms with Crippen LogP contribution in [0.15, 0.2) is 60.7 Å². The first kappa shape index (κ1) is 22.9. The first-order valence-electron chi connectivity index (χ1n) is 11.5. The summed E-state index contributed by atoms with van der Waals surface area (Å²) in [4.78, 5) is 11.2. The van der Waals surface area contributed by atoms with Crippen LogP contribution < -0.4 is 9.47 Å². The van der Waals surface area contributed by atoms with E-state index in [4.69, 9.17) is 9.47 Å².